The van der Waals surface area contributed by atoms with Crippen molar-refractivity contribution in [1.29, 1.82) is 0 Å². The van der Waals surface area contributed by atoms with Crippen molar-refractivity contribution in [2.24, 2.45) is 0 Å². The van der Waals surface area contributed by atoms with Crippen LogP contribution in [-0.4, -0.2) is 25.0 Å². The van der Waals surface area contributed by atoms with E-state index < -0.39 is 6.10 Å². The predicted molar refractivity (Wildman–Crippen MR) is 68.9 cm³/mol. The molecule has 0 aromatic heterocycles. The van der Waals surface area contributed by atoms with E-state index in [-0.39, 0.29) is 11.8 Å². The number of amides is 2. The van der Waals surface area contributed by atoms with Crippen LogP contribution in [0.3, 0.4) is 0 Å². The third-order valence-corrected chi connectivity index (χ3v) is 3.11. The lowest BCUT2D eigenvalue weighted by Crippen LogP contribution is -2.26. The van der Waals surface area contributed by atoms with Gasteiger partial charge in [0.25, 0.3) is 5.91 Å². The monoisotopic (exact) mass is 268 g/mol. The first kappa shape index (κ1) is 12.9. The minimum atomic E-state index is -0.561. The molecular weight excluding hydrogens is 256 g/mol. The van der Waals surface area contributed by atoms with E-state index in [2.05, 4.69) is 10.6 Å². The van der Waals surface area contributed by atoms with Gasteiger partial charge in [-0.3, -0.25) is 9.59 Å². The normalized spacial score (nSPS) is 14.9. The summed E-state index contributed by atoms with van der Waals surface area (Å²) in [7, 11) is 1.46. The molecule has 1 aromatic rings. The Morgan fingerprint density at radius 1 is 1.56 bits per heavy atom. The molecule has 1 aromatic carbocycles. The number of ether oxygens (including phenoxy) is 1. The summed E-state index contributed by atoms with van der Waals surface area (Å²) in [6, 6.07) is 3.34. The molecule has 0 saturated heterocycles. The molecule has 2 N–H and O–H groups in total. The van der Waals surface area contributed by atoms with Crippen molar-refractivity contribution in [3.8, 4) is 0 Å². The molecule has 6 heteroatoms. The lowest BCUT2D eigenvalue weighted by molar-refractivity contribution is -0.124. The van der Waals surface area contributed by atoms with E-state index in [0.717, 1.165) is 5.56 Å². The minimum absolute atomic E-state index is 0.0743. The predicted octanol–water partition coefficient (Wildman–Crippen LogP) is 1.81. The Morgan fingerprint density at radius 3 is 2.94 bits per heavy atom. The summed E-state index contributed by atoms with van der Waals surface area (Å²) in [5.41, 5.74) is 2.01. The molecule has 0 spiro atoms. The Labute approximate surface area is 109 Å². The van der Waals surface area contributed by atoms with E-state index in [4.69, 9.17) is 16.3 Å². The summed E-state index contributed by atoms with van der Waals surface area (Å²) < 4.78 is 4.91. The van der Waals surface area contributed by atoms with Gasteiger partial charge < -0.3 is 15.4 Å². The van der Waals surface area contributed by atoms with Crippen LogP contribution < -0.4 is 10.6 Å². The van der Waals surface area contributed by atoms with Crippen LogP contribution in [0.1, 0.15) is 12.5 Å². The smallest absolute Gasteiger partial charge is 0.253 e. The van der Waals surface area contributed by atoms with E-state index in [0.29, 0.717) is 22.8 Å². The second-order valence-corrected chi connectivity index (χ2v) is 4.49. The molecule has 0 saturated carbocycles. The lowest BCUT2D eigenvalue weighted by atomic mass is 10.1. The van der Waals surface area contributed by atoms with Gasteiger partial charge >= 0.3 is 0 Å². The quantitative estimate of drug-likeness (QED) is 0.878. The molecule has 2 rings (SSSR count). The fourth-order valence-electron chi connectivity index (χ4n) is 1.69. The van der Waals surface area contributed by atoms with E-state index >= 15 is 0 Å². The van der Waals surface area contributed by atoms with Gasteiger partial charge in [0.1, 0.15) is 6.10 Å². The van der Waals surface area contributed by atoms with Gasteiger partial charge in [0, 0.05) is 12.8 Å². The average Bonchev–Trinajstić information content (AvgIpc) is 2.67. The number of methoxy groups -OCH3 is 1. The summed E-state index contributed by atoms with van der Waals surface area (Å²) in [5, 5.41) is 5.74. The van der Waals surface area contributed by atoms with Gasteiger partial charge in [0.2, 0.25) is 5.91 Å². The van der Waals surface area contributed by atoms with Crippen LogP contribution in [0, 0.1) is 0 Å². The zero-order valence-corrected chi connectivity index (χ0v) is 10.8. The Balaban J connectivity index is 2.22. The topological polar surface area (TPSA) is 67.4 Å². The summed E-state index contributed by atoms with van der Waals surface area (Å²) in [6.07, 6.45) is -0.260. The number of halogens is 1. The Morgan fingerprint density at radius 2 is 2.28 bits per heavy atom. The van der Waals surface area contributed by atoms with Gasteiger partial charge in [-0.15, -0.1) is 0 Å². The zero-order chi connectivity index (χ0) is 13.3. The van der Waals surface area contributed by atoms with Crippen molar-refractivity contribution in [1.82, 2.24) is 0 Å². The summed E-state index contributed by atoms with van der Waals surface area (Å²) >= 11 is 6.04. The van der Waals surface area contributed by atoms with Crippen LogP contribution in [0.5, 0.6) is 0 Å². The number of carbonyl (C=O) groups excluding carboxylic acids is 2. The third-order valence-electron chi connectivity index (χ3n) is 2.80. The standard InChI is InChI=1S/C12H13ClN2O3/c1-6(18-2)12(17)15-10-3-7-4-11(16)14-9(7)5-8(10)13/h3,5-6H,4H2,1-2H3,(H,14,16)(H,15,17). The molecule has 1 heterocycles. The maximum Gasteiger partial charge on any atom is 0.253 e. The number of hydrogen-bond donors (Lipinski definition) is 2. The van der Waals surface area contributed by atoms with E-state index in [9.17, 15) is 9.59 Å². The van der Waals surface area contributed by atoms with Crippen LogP contribution in [-0.2, 0) is 20.7 Å². The highest BCUT2D eigenvalue weighted by Gasteiger charge is 2.21. The summed E-state index contributed by atoms with van der Waals surface area (Å²) in [4.78, 5) is 22.9. The highest BCUT2D eigenvalue weighted by molar-refractivity contribution is 6.34. The number of carbonyl (C=O) groups is 2. The number of rotatable bonds is 3. The third kappa shape index (κ3) is 2.47. The number of hydrogen-bond acceptors (Lipinski definition) is 3. The zero-order valence-electron chi connectivity index (χ0n) is 10.0. The number of fused-ring (bicyclic) bond motifs is 1. The van der Waals surface area contributed by atoms with Gasteiger partial charge in [-0.25, -0.2) is 0 Å². The fourth-order valence-corrected chi connectivity index (χ4v) is 1.90. The van der Waals surface area contributed by atoms with Crippen LogP contribution in [0.4, 0.5) is 11.4 Å². The molecule has 1 unspecified atom stereocenters. The van der Waals surface area contributed by atoms with Crippen molar-refractivity contribution >= 4 is 34.8 Å². The Bertz CT molecular complexity index is 516. The second kappa shape index (κ2) is 4.96. The number of anilines is 2. The lowest BCUT2D eigenvalue weighted by Gasteiger charge is -2.12. The molecule has 5 nitrogen and oxygen atoms in total. The van der Waals surface area contributed by atoms with Crippen molar-refractivity contribution < 1.29 is 14.3 Å². The molecule has 0 radical (unpaired) electrons. The molecule has 0 fully saturated rings. The molecule has 0 aliphatic carbocycles. The van der Waals surface area contributed by atoms with Crippen LogP contribution in [0.25, 0.3) is 0 Å². The average molecular weight is 269 g/mol. The molecule has 1 aliphatic rings. The Hall–Kier alpha value is -1.59. The van der Waals surface area contributed by atoms with E-state index in [1.165, 1.54) is 7.11 Å². The highest BCUT2D eigenvalue weighted by atomic mass is 35.5. The molecule has 1 atom stereocenters. The summed E-state index contributed by atoms with van der Waals surface area (Å²) in [5.74, 6) is -0.355. The van der Waals surface area contributed by atoms with Gasteiger partial charge in [-0.05, 0) is 24.6 Å². The SMILES string of the molecule is COC(C)C(=O)Nc1cc2c(cc1Cl)NC(=O)C2. The molecule has 18 heavy (non-hydrogen) atoms. The molecule has 96 valence electrons. The van der Waals surface area contributed by atoms with Crippen molar-refractivity contribution in [2.75, 3.05) is 17.7 Å². The summed E-state index contributed by atoms with van der Waals surface area (Å²) in [6.45, 7) is 1.64. The first-order valence-electron chi connectivity index (χ1n) is 5.47. The van der Waals surface area contributed by atoms with E-state index in [1.54, 1.807) is 19.1 Å². The van der Waals surface area contributed by atoms with Crippen LogP contribution in [0.15, 0.2) is 12.1 Å². The largest absolute Gasteiger partial charge is 0.372 e. The molecule has 0 bridgehead atoms. The van der Waals surface area contributed by atoms with Gasteiger partial charge in [0.15, 0.2) is 0 Å². The minimum Gasteiger partial charge on any atom is -0.372 e. The van der Waals surface area contributed by atoms with Crippen LogP contribution >= 0.6 is 11.6 Å². The maximum absolute atomic E-state index is 11.7. The maximum atomic E-state index is 11.7. The highest BCUT2D eigenvalue weighted by Crippen LogP contribution is 2.32. The molecule has 1 aliphatic heterocycles. The van der Waals surface area contributed by atoms with Crippen LogP contribution in [0.2, 0.25) is 5.02 Å². The second-order valence-electron chi connectivity index (χ2n) is 4.08. The van der Waals surface area contributed by atoms with Gasteiger partial charge in [-0.2, -0.15) is 0 Å². The molecular formula is C12H13ClN2O3. The van der Waals surface area contributed by atoms with Crippen molar-refractivity contribution in [3.63, 3.8) is 0 Å². The van der Waals surface area contributed by atoms with Crippen molar-refractivity contribution in [3.05, 3.63) is 22.7 Å². The van der Waals surface area contributed by atoms with E-state index in [1.807, 2.05) is 0 Å². The number of benzene rings is 1. The number of nitrogens with one attached hydrogen (secondary N) is 2. The first-order valence-corrected chi connectivity index (χ1v) is 5.85. The van der Waals surface area contributed by atoms with Gasteiger partial charge in [0.05, 0.1) is 17.1 Å². The van der Waals surface area contributed by atoms with Gasteiger partial charge in [-0.1, -0.05) is 11.6 Å². The first-order chi connectivity index (χ1) is 8.51. The molecule has 2 amide bonds. The van der Waals surface area contributed by atoms with Crippen molar-refractivity contribution in [2.45, 2.75) is 19.4 Å². The Kier molecular flexibility index (Phi) is 3.54. The fraction of sp³-hybridized carbons (Fsp3) is 0.333.